The molecule has 2 N–H and O–H groups in total. The summed E-state index contributed by atoms with van der Waals surface area (Å²) >= 11 is 1.68. The summed E-state index contributed by atoms with van der Waals surface area (Å²) < 4.78 is 2.17. The highest BCUT2D eigenvalue weighted by atomic mass is 32.1. The van der Waals surface area contributed by atoms with E-state index in [1.807, 2.05) is 17.0 Å². The first kappa shape index (κ1) is 18.7. The minimum Gasteiger partial charge on any atom is -0.369 e. The molecule has 5 nitrogen and oxygen atoms in total. The van der Waals surface area contributed by atoms with Crippen LogP contribution >= 0.6 is 11.3 Å². The normalized spacial score (nSPS) is 15.2. The number of hydrogen-bond donors (Lipinski definition) is 1. The van der Waals surface area contributed by atoms with Crippen LogP contribution in [0.3, 0.4) is 0 Å². The van der Waals surface area contributed by atoms with Crippen molar-refractivity contribution >= 4 is 33.4 Å². The molecular formula is C22H25N3O2S. The Balaban J connectivity index is 1.49. The molecule has 0 atom stereocenters. The van der Waals surface area contributed by atoms with Gasteiger partial charge in [0.1, 0.15) is 10.5 Å². The van der Waals surface area contributed by atoms with Crippen LogP contribution in [0.4, 0.5) is 0 Å². The maximum Gasteiger partial charge on any atom is 0.270 e. The molecule has 1 aliphatic heterocycles. The highest BCUT2D eigenvalue weighted by Gasteiger charge is 2.28. The second-order valence-electron chi connectivity index (χ2n) is 7.42. The summed E-state index contributed by atoms with van der Waals surface area (Å²) in [6.07, 6.45) is 3.29. The Bertz CT molecular complexity index is 968. The number of likely N-dealkylation sites (tertiary alicyclic amines) is 1. The molecule has 0 spiro atoms. The monoisotopic (exact) mass is 395 g/mol. The van der Waals surface area contributed by atoms with Crippen LogP contribution in [0.5, 0.6) is 0 Å². The van der Waals surface area contributed by atoms with Crippen molar-refractivity contribution in [1.82, 2.24) is 9.47 Å². The second kappa shape index (κ2) is 8.19. The molecule has 3 heterocycles. The third-order valence-electron chi connectivity index (χ3n) is 5.60. The SMILES string of the molecule is NC(=O)C1CCN(C(=O)c2cc3ccsc3n2CCCc2ccccc2)CC1. The first-order valence-electron chi connectivity index (χ1n) is 9.83. The zero-order valence-corrected chi connectivity index (χ0v) is 16.7. The van der Waals surface area contributed by atoms with E-state index in [1.165, 1.54) is 5.56 Å². The number of aryl methyl sites for hydroxylation is 2. The van der Waals surface area contributed by atoms with Crippen LogP contribution in [0.25, 0.3) is 10.2 Å². The van der Waals surface area contributed by atoms with E-state index < -0.39 is 0 Å². The van der Waals surface area contributed by atoms with Gasteiger partial charge in [0.15, 0.2) is 0 Å². The Hall–Kier alpha value is -2.60. The van der Waals surface area contributed by atoms with E-state index in [4.69, 9.17) is 5.73 Å². The lowest BCUT2D eigenvalue weighted by molar-refractivity contribution is -0.123. The first-order chi connectivity index (χ1) is 13.6. The quantitative estimate of drug-likeness (QED) is 0.692. The van der Waals surface area contributed by atoms with E-state index in [1.54, 1.807) is 11.3 Å². The molecule has 1 aliphatic rings. The van der Waals surface area contributed by atoms with Gasteiger partial charge in [0.25, 0.3) is 5.91 Å². The van der Waals surface area contributed by atoms with Crippen molar-refractivity contribution in [2.24, 2.45) is 11.7 Å². The Labute approximate surface area is 168 Å². The van der Waals surface area contributed by atoms with Crippen molar-refractivity contribution in [3.05, 3.63) is 59.1 Å². The van der Waals surface area contributed by atoms with Crippen LogP contribution in [0.2, 0.25) is 0 Å². The number of aromatic nitrogens is 1. The number of amides is 2. The molecule has 0 saturated carbocycles. The maximum atomic E-state index is 13.2. The summed E-state index contributed by atoms with van der Waals surface area (Å²) in [7, 11) is 0. The van der Waals surface area contributed by atoms with Crippen LogP contribution in [0.1, 0.15) is 35.3 Å². The molecule has 1 fully saturated rings. The van der Waals surface area contributed by atoms with Gasteiger partial charge in [-0.3, -0.25) is 9.59 Å². The predicted octanol–water partition coefficient (Wildman–Crippen LogP) is 3.67. The van der Waals surface area contributed by atoms with Gasteiger partial charge in [-0.1, -0.05) is 30.3 Å². The van der Waals surface area contributed by atoms with E-state index in [0.29, 0.717) is 25.9 Å². The number of nitrogens with two attached hydrogens (primary N) is 1. The average molecular weight is 396 g/mol. The molecule has 3 aromatic rings. The van der Waals surface area contributed by atoms with Gasteiger partial charge < -0.3 is 15.2 Å². The van der Waals surface area contributed by atoms with E-state index >= 15 is 0 Å². The third-order valence-corrected chi connectivity index (χ3v) is 6.55. The van der Waals surface area contributed by atoms with Gasteiger partial charge in [-0.15, -0.1) is 11.3 Å². The van der Waals surface area contributed by atoms with Crippen molar-refractivity contribution in [2.45, 2.75) is 32.2 Å². The fourth-order valence-corrected chi connectivity index (χ4v) is 4.91. The van der Waals surface area contributed by atoms with Crippen molar-refractivity contribution in [1.29, 1.82) is 0 Å². The Morgan fingerprint density at radius 1 is 1.11 bits per heavy atom. The molecule has 2 amide bonds. The van der Waals surface area contributed by atoms with Crippen LogP contribution in [-0.4, -0.2) is 34.4 Å². The van der Waals surface area contributed by atoms with Crippen molar-refractivity contribution in [2.75, 3.05) is 13.1 Å². The molecule has 1 aromatic carbocycles. The molecule has 4 rings (SSSR count). The molecule has 0 radical (unpaired) electrons. The number of carbonyl (C=O) groups excluding carboxylic acids is 2. The minimum absolute atomic E-state index is 0.0611. The summed E-state index contributed by atoms with van der Waals surface area (Å²) in [5, 5.41) is 3.20. The predicted molar refractivity (Wildman–Crippen MR) is 112 cm³/mol. The van der Waals surface area contributed by atoms with Gasteiger partial charge in [0.05, 0.1) is 0 Å². The van der Waals surface area contributed by atoms with Gasteiger partial charge in [-0.25, -0.2) is 0 Å². The zero-order chi connectivity index (χ0) is 19.5. The summed E-state index contributed by atoms with van der Waals surface area (Å²) in [6.45, 7) is 2.00. The number of benzene rings is 1. The van der Waals surface area contributed by atoms with Crippen LogP contribution in [0, 0.1) is 5.92 Å². The Morgan fingerprint density at radius 2 is 1.86 bits per heavy atom. The number of primary amides is 1. The topological polar surface area (TPSA) is 68.3 Å². The number of piperidine rings is 1. The number of carbonyl (C=O) groups is 2. The summed E-state index contributed by atoms with van der Waals surface area (Å²) in [4.78, 5) is 27.6. The lowest BCUT2D eigenvalue weighted by atomic mass is 9.96. The van der Waals surface area contributed by atoms with Gasteiger partial charge in [-0.05, 0) is 48.8 Å². The van der Waals surface area contributed by atoms with Crippen molar-refractivity contribution < 1.29 is 9.59 Å². The smallest absolute Gasteiger partial charge is 0.270 e. The molecular weight excluding hydrogens is 370 g/mol. The molecule has 6 heteroatoms. The summed E-state index contributed by atoms with van der Waals surface area (Å²) in [5.74, 6) is -0.298. The largest absolute Gasteiger partial charge is 0.369 e. The minimum atomic E-state index is -0.253. The number of hydrogen-bond acceptors (Lipinski definition) is 3. The van der Waals surface area contributed by atoms with Crippen LogP contribution < -0.4 is 5.73 Å². The Kier molecular flexibility index (Phi) is 5.48. The average Bonchev–Trinajstić information content (AvgIpc) is 3.30. The molecule has 2 aromatic heterocycles. The van der Waals surface area contributed by atoms with Gasteiger partial charge in [0.2, 0.25) is 5.91 Å². The van der Waals surface area contributed by atoms with Gasteiger partial charge in [-0.2, -0.15) is 0 Å². The number of fused-ring (bicyclic) bond motifs is 1. The number of rotatable bonds is 6. The molecule has 0 unspecified atom stereocenters. The summed E-state index contributed by atoms with van der Waals surface area (Å²) in [6, 6.07) is 14.5. The third kappa shape index (κ3) is 3.83. The van der Waals surface area contributed by atoms with Gasteiger partial charge in [0, 0.05) is 30.9 Å². The maximum absolute atomic E-state index is 13.2. The van der Waals surface area contributed by atoms with E-state index in [2.05, 4.69) is 40.3 Å². The fraction of sp³-hybridized carbons (Fsp3) is 0.364. The highest BCUT2D eigenvalue weighted by Crippen LogP contribution is 2.28. The molecule has 1 saturated heterocycles. The zero-order valence-electron chi connectivity index (χ0n) is 15.8. The number of nitrogens with zero attached hydrogens (tertiary/aromatic N) is 2. The van der Waals surface area contributed by atoms with E-state index in [9.17, 15) is 9.59 Å². The first-order valence-corrected chi connectivity index (χ1v) is 10.7. The fourth-order valence-electron chi connectivity index (χ4n) is 3.99. The van der Waals surface area contributed by atoms with Crippen LogP contribution in [-0.2, 0) is 17.8 Å². The van der Waals surface area contributed by atoms with Gasteiger partial charge >= 0.3 is 0 Å². The molecule has 0 bridgehead atoms. The standard InChI is InChI=1S/C22H25N3O2S/c23-20(26)17-8-12-24(13-9-17)21(27)19-15-18-10-14-28-22(18)25(19)11-4-7-16-5-2-1-3-6-16/h1-3,5-6,10,14-15,17H,4,7-9,11-13H2,(H2,23,26). The van der Waals surface area contributed by atoms with E-state index in [-0.39, 0.29) is 17.7 Å². The summed E-state index contributed by atoms with van der Waals surface area (Å²) in [5.41, 5.74) is 7.49. The Morgan fingerprint density at radius 3 is 2.57 bits per heavy atom. The lowest BCUT2D eigenvalue weighted by Gasteiger charge is -2.30. The highest BCUT2D eigenvalue weighted by molar-refractivity contribution is 7.16. The van der Waals surface area contributed by atoms with E-state index in [0.717, 1.165) is 35.3 Å². The van der Waals surface area contributed by atoms with Crippen molar-refractivity contribution in [3.63, 3.8) is 0 Å². The second-order valence-corrected chi connectivity index (χ2v) is 8.31. The molecule has 0 aliphatic carbocycles. The molecule has 28 heavy (non-hydrogen) atoms. The van der Waals surface area contributed by atoms with Crippen molar-refractivity contribution in [3.8, 4) is 0 Å². The number of thiophene rings is 1. The molecule has 146 valence electrons. The lowest BCUT2D eigenvalue weighted by Crippen LogP contribution is -2.42. The van der Waals surface area contributed by atoms with Crippen LogP contribution in [0.15, 0.2) is 47.8 Å².